The predicted octanol–water partition coefficient (Wildman–Crippen LogP) is 1.81. The molecule has 1 unspecified atom stereocenters. The van der Waals surface area contributed by atoms with Crippen LogP contribution in [0.3, 0.4) is 0 Å². The van der Waals surface area contributed by atoms with Crippen LogP contribution in [0.1, 0.15) is 27.2 Å². The van der Waals surface area contributed by atoms with Crippen molar-refractivity contribution in [2.45, 2.75) is 38.8 Å². The van der Waals surface area contributed by atoms with Crippen molar-refractivity contribution in [3.63, 3.8) is 0 Å². The first-order chi connectivity index (χ1) is 6.59. The molecule has 1 N–H and O–H groups in total. The lowest BCUT2D eigenvalue weighted by Gasteiger charge is -2.42. The van der Waals surface area contributed by atoms with Crippen LogP contribution < -0.4 is 5.32 Å². The Morgan fingerprint density at radius 1 is 1.50 bits per heavy atom. The van der Waals surface area contributed by atoms with Crippen molar-refractivity contribution in [1.82, 2.24) is 10.2 Å². The van der Waals surface area contributed by atoms with E-state index in [2.05, 4.69) is 37.2 Å². The fraction of sp³-hybridized carbons (Fsp3) is 1.00. The van der Waals surface area contributed by atoms with E-state index >= 15 is 0 Å². The second kappa shape index (κ2) is 5.38. The van der Waals surface area contributed by atoms with Crippen LogP contribution in [0, 0.1) is 0 Å². The van der Waals surface area contributed by atoms with Crippen molar-refractivity contribution >= 4 is 11.8 Å². The summed E-state index contributed by atoms with van der Waals surface area (Å²) in [5, 5.41) is 3.56. The Hall–Kier alpha value is 0.270. The third-order valence-electron chi connectivity index (χ3n) is 2.95. The molecule has 14 heavy (non-hydrogen) atoms. The lowest BCUT2D eigenvalue weighted by molar-refractivity contribution is 0.116. The van der Waals surface area contributed by atoms with Crippen molar-refractivity contribution in [3.8, 4) is 0 Å². The van der Waals surface area contributed by atoms with Gasteiger partial charge < -0.3 is 5.32 Å². The van der Waals surface area contributed by atoms with Crippen LogP contribution in [0.4, 0.5) is 0 Å². The molecule has 0 saturated carbocycles. The zero-order valence-corrected chi connectivity index (χ0v) is 10.8. The zero-order valence-electron chi connectivity index (χ0n) is 9.97. The van der Waals surface area contributed by atoms with Gasteiger partial charge in [0.1, 0.15) is 0 Å². The highest BCUT2D eigenvalue weighted by Crippen LogP contribution is 2.16. The lowest BCUT2D eigenvalue weighted by atomic mass is 10.0. The van der Waals surface area contributed by atoms with Crippen molar-refractivity contribution in [2.24, 2.45) is 0 Å². The van der Waals surface area contributed by atoms with Crippen LogP contribution in [0.2, 0.25) is 0 Å². The molecule has 0 aliphatic carbocycles. The Morgan fingerprint density at radius 3 is 2.71 bits per heavy atom. The third kappa shape index (κ3) is 3.44. The molecule has 1 atom stereocenters. The molecule has 84 valence electrons. The van der Waals surface area contributed by atoms with Gasteiger partial charge in [0.25, 0.3) is 0 Å². The van der Waals surface area contributed by atoms with Crippen LogP contribution in [0.15, 0.2) is 0 Å². The van der Waals surface area contributed by atoms with Crippen molar-refractivity contribution in [3.05, 3.63) is 0 Å². The second-order valence-corrected chi connectivity index (χ2v) is 5.71. The van der Waals surface area contributed by atoms with Gasteiger partial charge in [-0.15, -0.1) is 0 Å². The molecule has 0 amide bonds. The number of hydrogen-bond acceptors (Lipinski definition) is 3. The molecular formula is C11H24N2S. The van der Waals surface area contributed by atoms with Crippen LogP contribution in [-0.2, 0) is 0 Å². The van der Waals surface area contributed by atoms with Gasteiger partial charge in [-0.2, -0.15) is 11.8 Å². The number of rotatable bonds is 4. The maximum absolute atomic E-state index is 3.56. The fourth-order valence-corrected chi connectivity index (χ4v) is 3.00. The highest BCUT2D eigenvalue weighted by Gasteiger charge is 2.28. The molecule has 1 saturated heterocycles. The second-order valence-electron chi connectivity index (χ2n) is 4.80. The first-order valence-corrected chi connectivity index (χ1v) is 6.96. The maximum atomic E-state index is 3.56. The summed E-state index contributed by atoms with van der Waals surface area (Å²) >= 11 is 1.97. The molecule has 0 aromatic carbocycles. The van der Waals surface area contributed by atoms with Gasteiger partial charge in [-0.05, 0) is 26.5 Å². The van der Waals surface area contributed by atoms with Crippen LogP contribution in [-0.4, -0.2) is 48.1 Å². The molecule has 1 aliphatic heterocycles. The van der Waals surface area contributed by atoms with Crippen molar-refractivity contribution in [1.29, 1.82) is 0 Å². The third-order valence-corrected chi connectivity index (χ3v) is 3.67. The zero-order chi connectivity index (χ0) is 10.6. The highest BCUT2D eigenvalue weighted by molar-refractivity contribution is 7.98. The summed E-state index contributed by atoms with van der Waals surface area (Å²) in [4.78, 5) is 2.65. The van der Waals surface area contributed by atoms with Crippen LogP contribution in [0.5, 0.6) is 0 Å². The van der Waals surface area contributed by atoms with Gasteiger partial charge in [0, 0.05) is 37.0 Å². The first kappa shape index (κ1) is 12.3. The largest absolute Gasteiger partial charge is 0.309 e. The predicted molar refractivity (Wildman–Crippen MR) is 66.1 cm³/mol. The minimum Gasteiger partial charge on any atom is -0.309 e. The molecule has 1 aliphatic rings. The van der Waals surface area contributed by atoms with E-state index in [1.165, 1.54) is 25.3 Å². The molecular weight excluding hydrogens is 192 g/mol. The SMILES string of the molecule is CCC(CSC)N1CCNC(C)(C)C1. The molecule has 0 bridgehead atoms. The van der Waals surface area contributed by atoms with Gasteiger partial charge in [0.2, 0.25) is 0 Å². The first-order valence-electron chi connectivity index (χ1n) is 5.57. The monoisotopic (exact) mass is 216 g/mol. The van der Waals surface area contributed by atoms with Gasteiger partial charge in [0.15, 0.2) is 0 Å². The van der Waals surface area contributed by atoms with Crippen molar-refractivity contribution < 1.29 is 0 Å². The van der Waals surface area contributed by atoms with Gasteiger partial charge in [-0.1, -0.05) is 6.92 Å². The van der Waals surface area contributed by atoms with E-state index < -0.39 is 0 Å². The summed E-state index contributed by atoms with van der Waals surface area (Å²) in [7, 11) is 0. The molecule has 0 radical (unpaired) electrons. The summed E-state index contributed by atoms with van der Waals surface area (Å²) < 4.78 is 0. The molecule has 0 aromatic rings. The van der Waals surface area contributed by atoms with E-state index in [0.717, 1.165) is 12.6 Å². The normalized spacial score (nSPS) is 24.9. The smallest absolute Gasteiger partial charge is 0.0252 e. The topological polar surface area (TPSA) is 15.3 Å². The minimum atomic E-state index is 0.296. The van der Waals surface area contributed by atoms with Crippen LogP contribution in [0.25, 0.3) is 0 Å². The quantitative estimate of drug-likeness (QED) is 0.771. The standard InChI is InChI=1S/C11H24N2S/c1-5-10(8-14-4)13-7-6-12-11(2,3)9-13/h10,12H,5-9H2,1-4H3. The lowest BCUT2D eigenvalue weighted by Crippen LogP contribution is -2.59. The molecule has 1 fully saturated rings. The summed E-state index contributed by atoms with van der Waals surface area (Å²) in [6.45, 7) is 10.4. The van der Waals surface area contributed by atoms with E-state index in [1.807, 2.05) is 11.8 Å². The van der Waals surface area contributed by atoms with E-state index in [9.17, 15) is 0 Å². The number of nitrogens with one attached hydrogen (secondary N) is 1. The van der Waals surface area contributed by atoms with Crippen molar-refractivity contribution in [2.75, 3.05) is 31.6 Å². The van der Waals surface area contributed by atoms with E-state index in [1.54, 1.807) is 0 Å². The Kier molecular flexibility index (Phi) is 4.74. The van der Waals surface area contributed by atoms with Gasteiger partial charge in [-0.25, -0.2) is 0 Å². The number of nitrogens with zero attached hydrogens (tertiary/aromatic N) is 1. The number of piperazine rings is 1. The molecule has 2 nitrogen and oxygen atoms in total. The Balaban J connectivity index is 2.49. The van der Waals surface area contributed by atoms with E-state index in [-0.39, 0.29) is 0 Å². The van der Waals surface area contributed by atoms with Crippen LogP contribution >= 0.6 is 11.8 Å². The fourth-order valence-electron chi connectivity index (χ4n) is 2.17. The molecule has 0 spiro atoms. The average molecular weight is 216 g/mol. The van der Waals surface area contributed by atoms with E-state index in [4.69, 9.17) is 0 Å². The number of hydrogen-bond donors (Lipinski definition) is 1. The van der Waals surface area contributed by atoms with E-state index in [0.29, 0.717) is 5.54 Å². The maximum Gasteiger partial charge on any atom is 0.0252 e. The molecule has 1 heterocycles. The number of thioether (sulfide) groups is 1. The Bertz CT molecular complexity index is 171. The van der Waals surface area contributed by atoms with Gasteiger partial charge in [0.05, 0.1) is 0 Å². The molecule has 3 heteroatoms. The van der Waals surface area contributed by atoms with Gasteiger partial charge in [-0.3, -0.25) is 4.90 Å². The Morgan fingerprint density at radius 2 is 2.21 bits per heavy atom. The summed E-state index contributed by atoms with van der Waals surface area (Å²) in [6.07, 6.45) is 3.48. The summed E-state index contributed by atoms with van der Waals surface area (Å²) in [5.41, 5.74) is 0.296. The van der Waals surface area contributed by atoms with Gasteiger partial charge >= 0.3 is 0 Å². The molecule has 0 aromatic heterocycles. The Labute approximate surface area is 92.8 Å². The summed E-state index contributed by atoms with van der Waals surface area (Å²) in [6, 6.07) is 0.770. The summed E-state index contributed by atoms with van der Waals surface area (Å²) in [5.74, 6) is 1.27. The minimum absolute atomic E-state index is 0.296. The average Bonchev–Trinajstić information content (AvgIpc) is 2.12. The highest BCUT2D eigenvalue weighted by atomic mass is 32.2. The molecule has 1 rings (SSSR count).